The molecule has 0 saturated carbocycles. The van der Waals surface area contributed by atoms with E-state index in [0.717, 1.165) is 24.7 Å². The van der Waals surface area contributed by atoms with Crippen LogP contribution >= 0.6 is 12.2 Å². The molecule has 0 bridgehead atoms. The van der Waals surface area contributed by atoms with Gasteiger partial charge in [0.25, 0.3) is 5.56 Å². The first-order valence-corrected chi connectivity index (χ1v) is 7.91. The maximum Gasteiger partial charge on any atom is 0.303 e. The minimum absolute atomic E-state index is 0.0906. The Bertz CT molecular complexity index is 819. The zero-order valence-electron chi connectivity index (χ0n) is 14.2. The Hall–Kier alpha value is -2.60. The van der Waals surface area contributed by atoms with Gasteiger partial charge in [0.05, 0.1) is 6.61 Å². The third-order valence-electron chi connectivity index (χ3n) is 3.30. The van der Waals surface area contributed by atoms with Gasteiger partial charge in [0, 0.05) is 20.8 Å². The molecule has 2 rings (SSSR count). The number of hydrogen-bond donors (Lipinski definition) is 1. The highest BCUT2D eigenvalue weighted by atomic mass is 32.1. The molecule has 142 valence electrons. The topological polar surface area (TPSA) is 139 Å². The highest BCUT2D eigenvalue weighted by molar-refractivity contribution is 7.71. The van der Waals surface area contributed by atoms with Gasteiger partial charge in [-0.05, 0) is 12.2 Å². The van der Waals surface area contributed by atoms with E-state index in [0.29, 0.717) is 0 Å². The molecule has 0 radical (unpaired) electrons. The molecule has 0 spiro atoms. The van der Waals surface area contributed by atoms with Crippen molar-refractivity contribution in [3.8, 4) is 0 Å². The van der Waals surface area contributed by atoms with Crippen molar-refractivity contribution >= 4 is 30.1 Å². The quantitative estimate of drug-likeness (QED) is 0.413. The van der Waals surface area contributed by atoms with E-state index >= 15 is 0 Å². The Morgan fingerprint density at radius 2 is 1.73 bits per heavy atom. The summed E-state index contributed by atoms with van der Waals surface area (Å²) < 4.78 is 22.2. The average Bonchev–Trinajstić information content (AvgIpc) is 2.50. The van der Waals surface area contributed by atoms with E-state index in [-0.39, 0.29) is 11.4 Å². The summed E-state index contributed by atoms with van der Waals surface area (Å²) in [7, 11) is 0. The molecule has 26 heavy (non-hydrogen) atoms. The first-order chi connectivity index (χ1) is 12.2. The van der Waals surface area contributed by atoms with Crippen LogP contribution in [0.1, 0.15) is 27.0 Å². The Balaban J connectivity index is 2.46. The summed E-state index contributed by atoms with van der Waals surface area (Å²) in [6.45, 7) is 3.31. The van der Waals surface area contributed by atoms with E-state index in [1.807, 2.05) is 0 Å². The van der Waals surface area contributed by atoms with Gasteiger partial charge in [-0.3, -0.25) is 24.2 Å². The number of nitrogens with one attached hydrogen (secondary N) is 1. The lowest BCUT2D eigenvalue weighted by Gasteiger charge is -2.40. The largest absolute Gasteiger partial charge is 0.456 e. The predicted octanol–water partition coefficient (Wildman–Crippen LogP) is -0.375. The molecule has 4 atom stereocenters. The second kappa shape index (κ2) is 8.19. The normalized spacial score (nSPS) is 25.2. The average molecular weight is 387 g/mol. The van der Waals surface area contributed by atoms with Gasteiger partial charge in [-0.1, -0.05) is 0 Å². The van der Waals surface area contributed by atoms with Gasteiger partial charge in [-0.15, -0.1) is 0 Å². The molecule has 1 aromatic heterocycles. The van der Waals surface area contributed by atoms with Crippen LogP contribution in [0.5, 0.6) is 0 Å². The van der Waals surface area contributed by atoms with Gasteiger partial charge < -0.3 is 18.9 Å². The van der Waals surface area contributed by atoms with E-state index < -0.39 is 48.0 Å². The third kappa shape index (κ3) is 4.73. The van der Waals surface area contributed by atoms with Crippen LogP contribution in [0.3, 0.4) is 0 Å². The van der Waals surface area contributed by atoms with Crippen molar-refractivity contribution in [2.24, 2.45) is 0 Å². The summed E-state index contributed by atoms with van der Waals surface area (Å²) in [4.78, 5) is 48.0. The zero-order valence-corrected chi connectivity index (χ0v) is 15.0. The van der Waals surface area contributed by atoms with Crippen LogP contribution in [-0.2, 0) is 33.3 Å². The van der Waals surface area contributed by atoms with Gasteiger partial charge in [0.2, 0.25) is 0 Å². The number of rotatable bonds is 4. The molecule has 0 aromatic carbocycles. The summed E-state index contributed by atoms with van der Waals surface area (Å²) in [6, 6.07) is 0. The van der Waals surface area contributed by atoms with Crippen LogP contribution in [0.15, 0.2) is 11.0 Å². The molecular formula is C14H17N3O8S. The number of carbonyl (C=O) groups excluding carboxylic acids is 3. The van der Waals surface area contributed by atoms with E-state index in [1.54, 1.807) is 0 Å². The smallest absolute Gasteiger partial charge is 0.303 e. The second-order valence-corrected chi connectivity index (χ2v) is 5.79. The molecule has 1 aromatic rings. The Morgan fingerprint density at radius 1 is 1.15 bits per heavy atom. The molecule has 0 aliphatic carbocycles. The lowest BCUT2D eigenvalue weighted by atomic mass is 10.0. The number of ether oxygens (including phenoxy) is 4. The van der Waals surface area contributed by atoms with Gasteiger partial charge in [-0.25, -0.2) is 4.68 Å². The van der Waals surface area contributed by atoms with Gasteiger partial charge in [0.1, 0.15) is 6.20 Å². The number of nitrogens with zero attached hydrogens (tertiary/aromatic N) is 2. The molecule has 1 fully saturated rings. The van der Waals surface area contributed by atoms with Gasteiger partial charge in [-0.2, -0.15) is 5.10 Å². The van der Waals surface area contributed by atoms with Crippen molar-refractivity contribution in [2.75, 3.05) is 6.61 Å². The minimum atomic E-state index is -1.22. The van der Waals surface area contributed by atoms with Crippen LogP contribution in [0.2, 0.25) is 0 Å². The first-order valence-electron chi connectivity index (χ1n) is 7.50. The summed E-state index contributed by atoms with van der Waals surface area (Å²) >= 11 is 5.04. The standard InChI is InChI=1S/C14H17N3O8S/c1-6(18)23-9-5-22-13(17-14(26)16-10(21)4-15-17)12(25-8(3)20)11(9)24-7(2)19/h4,9,11-13H,5H2,1-3H3,(H,16,21,26)/t9-,11+,12-,13+/m1/s1. The van der Waals surface area contributed by atoms with Gasteiger partial charge >= 0.3 is 17.9 Å². The second-order valence-electron chi connectivity index (χ2n) is 5.40. The van der Waals surface area contributed by atoms with Crippen molar-refractivity contribution in [1.29, 1.82) is 0 Å². The fourth-order valence-corrected chi connectivity index (χ4v) is 2.73. The Morgan fingerprint density at radius 3 is 2.27 bits per heavy atom. The summed E-state index contributed by atoms with van der Waals surface area (Å²) in [5.41, 5.74) is -0.527. The number of H-pyrrole nitrogens is 1. The monoisotopic (exact) mass is 387 g/mol. The lowest BCUT2D eigenvalue weighted by molar-refractivity contribution is -0.242. The molecular weight excluding hydrogens is 370 g/mol. The molecule has 0 amide bonds. The molecule has 1 aliphatic rings. The minimum Gasteiger partial charge on any atom is -0.456 e. The van der Waals surface area contributed by atoms with Crippen molar-refractivity contribution in [1.82, 2.24) is 14.8 Å². The lowest BCUT2D eigenvalue weighted by Crippen LogP contribution is -2.56. The van der Waals surface area contributed by atoms with Crippen LogP contribution in [0.4, 0.5) is 0 Å². The molecule has 1 saturated heterocycles. The Labute approximate surface area is 152 Å². The van der Waals surface area contributed by atoms with Crippen molar-refractivity contribution < 1.29 is 33.3 Å². The SMILES string of the molecule is CC(=O)O[C@@H]1[C@@H](OC(C)=O)[C@@H](n2ncc(=O)[nH]c2=S)OC[C@H]1OC(C)=O. The number of hydrogen-bond acceptors (Lipinski definition) is 10. The highest BCUT2D eigenvalue weighted by Gasteiger charge is 2.48. The molecule has 0 unspecified atom stereocenters. The van der Waals surface area contributed by atoms with Crippen molar-refractivity contribution in [2.45, 2.75) is 45.3 Å². The molecule has 11 nitrogen and oxygen atoms in total. The highest BCUT2D eigenvalue weighted by Crippen LogP contribution is 2.30. The van der Waals surface area contributed by atoms with Crippen molar-refractivity contribution in [3.05, 3.63) is 21.3 Å². The molecule has 12 heteroatoms. The summed E-state index contributed by atoms with van der Waals surface area (Å²) in [5, 5.41) is 3.86. The van der Waals surface area contributed by atoms with Crippen molar-refractivity contribution in [3.63, 3.8) is 0 Å². The van der Waals surface area contributed by atoms with E-state index in [4.69, 9.17) is 31.2 Å². The van der Waals surface area contributed by atoms with Crippen LogP contribution in [-0.4, -0.2) is 57.6 Å². The number of aromatic nitrogens is 3. The summed E-state index contributed by atoms with van der Waals surface area (Å²) in [6.07, 6.45) is -3.54. The number of carbonyl (C=O) groups is 3. The third-order valence-corrected chi connectivity index (χ3v) is 3.59. The maximum atomic E-state index is 11.5. The predicted molar refractivity (Wildman–Crippen MR) is 85.3 cm³/mol. The first kappa shape index (κ1) is 19.7. The number of aromatic amines is 1. The van der Waals surface area contributed by atoms with E-state index in [9.17, 15) is 19.2 Å². The number of esters is 3. The fourth-order valence-electron chi connectivity index (χ4n) is 2.48. The van der Waals surface area contributed by atoms with Crippen LogP contribution in [0, 0.1) is 4.77 Å². The zero-order chi connectivity index (χ0) is 19.4. The summed E-state index contributed by atoms with van der Waals surface area (Å²) in [5.74, 6) is -2.00. The van der Waals surface area contributed by atoms with Crippen LogP contribution < -0.4 is 5.56 Å². The van der Waals surface area contributed by atoms with E-state index in [2.05, 4.69) is 10.1 Å². The van der Waals surface area contributed by atoms with Crippen LogP contribution in [0.25, 0.3) is 0 Å². The fraction of sp³-hybridized carbons (Fsp3) is 0.571. The molecule has 1 N–H and O–H groups in total. The maximum absolute atomic E-state index is 11.5. The molecule has 1 aliphatic heterocycles. The van der Waals surface area contributed by atoms with Gasteiger partial charge in [0.15, 0.2) is 29.3 Å². The molecule has 2 heterocycles. The van der Waals surface area contributed by atoms with E-state index in [1.165, 1.54) is 6.92 Å². The Kier molecular flexibility index (Phi) is 6.21.